The molecule has 1 rings (SSSR count). The molecule has 0 aliphatic carbocycles. The minimum atomic E-state index is -2.32. The lowest BCUT2D eigenvalue weighted by Gasteiger charge is -2.36. The Morgan fingerprint density at radius 3 is 2.13 bits per heavy atom. The molecule has 0 spiro atoms. The van der Waals surface area contributed by atoms with Crippen LogP contribution in [0.25, 0.3) is 0 Å². The van der Waals surface area contributed by atoms with E-state index in [2.05, 4.69) is 5.32 Å². The topological polar surface area (TPSA) is 153 Å². The molecule has 0 unspecified atom stereocenters. The van der Waals surface area contributed by atoms with Crippen molar-refractivity contribution in [3.63, 3.8) is 0 Å². The average Bonchev–Trinajstić information content (AvgIpc) is 2.34. The SMILES string of the molecule is CC(=O)N[C@@H](CSCC(=O)N1CC([N+](=O)[O-])([N+](=O)[O-])C1)C(C)=O. The first-order valence-electron chi connectivity index (χ1n) is 6.52. The van der Waals surface area contributed by atoms with Crippen molar-refractivity contribution >= 4 is 29.4 Å². The Labute approximate surface area is 135 Å². The summed E-state index contributed by atoms with van der Waals surface area (Å²) in [5.41, 5.74) is -2.32. The van der Waals surface area contributed by atoms with Gasteiger partial charge in [-0.15, -0.1) is 11.8 Å². The Kier molecular flexibility index (Phi) is 6.01. The smallest absolute Gasteiger partial charge is 0.346 e. The molecular formula is C11H16N4O7S. The van der Waals surface area contributed by atoms with Crippen molar-refractivity contribution in [2.45, 2.75) is 25.6 Å². The van der Waals surface area contributed by atoms with E-state index in [0.29, 0.717) is 0 Å². The molecule has 0 aromatic carbocycles. The fraction of sp³-hybridized carbons (Fsp3) is 0.727. The predicted octanol–water partition coefficient (Wildman–Crippen LogP) is -1.09. The Morgan fingerprint density at radius 2 is 1.74 bits per heavy atom. The van der Waals surface area contributed by atoms with Gasteiger partial charge in [-0.2, -0.15) is 0 Å². The lowest BCUT2D eigenvalue weighted by Crippen LogP contribution is -2.71. The van der Waals surface area contributed by atoms with E-state index in [1.807, 2.05) is 0 Å². The lowest BCUT2D eigenvalue weighted by atomic mass is 10.0. The molecule has 0 aromatic rings. The van der Waals surface area contributed by atoms with Gasteiger partial charge in [0, 0.05) is 12.7 Å². The zero-order chi connectivity index (χ0) is 17.8. The maximum atomic E-state index is 11.8. The Morgan fingerprint density at radius 1 is 1.22 bits per heavy atom. The number of nitrogens with one attached hydrogen (secondary N) is 1. The number of rotatable bonds is 8. The number of carbonyl (C=O) groups is 3. The lowest BCUT2D eigenvalue weighted by molar-refractivity contribution is -0.809. The number of ketones is 1. The van der Waals surface area contributed by atoms with Crippen molar-refractivity contribution < 1.29 is 24.2 Å². The molecule has 128 valence electrons. The molecular weight excluding hydrogens is 332 g/mol. The summed E-state index contributed by atoms with van der Waals surface area (Å²) in [5, 5.41) is 23.9. The van der Waals surface area contributed by atoms with E-state index in [9.17, 15) is 34.6 Å². The monoisotopic (exact) mass is 348 g/mol. The van der Waals surface area contributed by atoms with Gasteiger partial charge < -0.3 is 10.2 Å². The van der Waals surface area contributed by atoms with Crippen molar-refractivity contribution in [1.29, 1.82) is 0 Å². The minimum Gasteiger partial charge on any atom is -0.346 e. The summed E-state index contributed by atoms with van der Waals surface area (Å²) in [6.45, 7) is 1.42. The zero-order valence-electron chi connectivity index (χ0n) is 12.5. The van der Waals surface area contributed by atoms with Gasteiger partial charge in [0.25, 0.3) is 0 Å². The maximum absolute atomic E-state index is 11.8. The van der Waals surface area contributed by atoms with E-state index in [1.165, 1.54) is 13.8 Å². The first-order valence-corrected chi connectivity index (χ1v) is 7.67. The van der Waals surface area contributed by atoms with Crippen molar-refractivity contribution in [3.8, 4) is 0 Å². The van der Waals surface area contributed by atoms with Crippen LogP contribution in [0.3, 0.4) is 0 Å². The van der Waals surface area contributed by atoms with Crippen molar-refractivity contribution in [1.82, 2.24) is 10.2 Å². The number of thioether (sulfide) groups is 1. The van der Waals surface area contributed by atoms with Crippen LogP contribution in [0, 0.1) is 20.2 Å². The van der Waals surface area contributed by atoms with Gasteiger partial charge >= 0.3 is 5.66 Å². The number of nitro groups is 2. The van der Waals surface area contributed by atoms with Gasteiger partial charge in [-0.25, -0.2) is 0 Å². The summed E-state index contributed by atoms with van der Waals surface area (Å²) >= 11 is 1.07. The fourth-order valence-electron chi connectivity index (χ4n) is 1.90. The molecule has 0 aromatic heterocycles. The maximum Gasteiger partial charge on any atom is 0.492 e. The van der Waals surface area contributed by atoms with Crippen LogP contribution in [-0.4, -0.2) is 68.6 Å². The van der Waals surface area contributed by atoms with Crippen molar-refractivity contribution in [2.75, 3.05) is 24.6 Å². The molecule has 1 N–H and O–H groups in total. The van der Waals surface area contributed by atoms with Crippen LogP contribution in [0.4, 0.5) is 0 Å². The predicted molar refractivity (Wildman–Crippen MR) is 78.9 cm³/mol. The quantitative estimate of drug-likeness (QED) is 0.330. The molecule has 11 nitrogen and oxygen atoms in total. The first kappa shape index (κ1) is 18.8. The molecule has 2 amide bonds. The van der Waals surface area contributed by atoms with E-state index >= 15 is 0 Å². The number of Topliss-reactive ketones (excluding diaryl/α,β-unsaturated/α-hetero) is 1. The highest BCUT2D eigenvalue weighted by Crippen LogP contribution is 2.25. The highest BCUT2D eigenvalue weighted by Gasteiger charge is 2.67. The number of nitrogens with zero attached hydrogens (tertiary/aromatic N) is 3. The second-order valence-electron chi connectivity index (χ2n) is 5.13. The molecule has 1 heterocycles. The number of amides is 2. The van der Waals surface area contributed by atoms with E-state index < -0.39 is 40.5 Å². The van der Waals surface area contributed by atoms with Crippen LogP contribution < -0.4 is 5.32 Å². The molecule has 0 radical (unpaired) electrons. The van der Waals surface area contributed by atoms with Crippen LogP contribution in [-0.2, 0) is 14.4 Å². The average molecular weight is 348 g/mol. The number of hydrogen-bond donors (Lipinski definition) is 1. The van der Waals surface area contributed by atoms with Gasteiger partial charge in [-0.3, -0.25) is 34.6 Å². The Bertz CT molecular complexity index is 530. The van der Waals surface area contributed by atoms with E-state index in [0.717, 1.165) is 16.7 Å². The third-order valence-electron chi connectivity index (χ3n) is 3.30. The Hall–Kier alpha value is -2.24. The Balaban J connectivity index is 2.44. The van der Waals surface area contributed by atoms with E-state index in [4.69, 9.17) is 0 Å². The number of hydrogen-bond acceptors (Lipinski definition) is 8. The standard InChI is InChI=1S/C11H16N4O7S/c1-7(16)9(12-8(2)17)3-23-4-10(18)13-5-11(6-13,14(19)20)15(21)22/h9H,3-6H2,1-2H3,(H,12,17)/t9-/m0/s1. The van der Waals surface area contributed by atoms with Crippen LogP contribution in [0.5, 0.6) is 0 Å². The second kappa shape index (κ2) is 7.35. The molecule has 1 aliphatic rings. The van der Waals surface area contributed by atoms with Gasteiger partial charge in [-0.05, 0) is 6.92 Å². The van der Waals surface area contributed by atoms with Crippen LogP contribution in [0.2, 0.25) is 0 Å². The normalized spacial score (nSPS) is 16.9. The molecule has 1 fully saturated rings. The van der Waals surface area contributed by atoms with Crippen LogP contribution >= 0.6 is 11.8 Å². The molecule has 1 aliphatic heterocycles. The fourth-order valence-corrected chi connectivity index (χ4v) is 2.93. The number of carbonyl (C=O) groups excluding carboxylic acids is 3. The molecule has 0 saturated carbocycles. The molecule has 1 saturated heterocycles. The van der Waals surface area contributed by atoms with Crippen molar-refractivity contribution in [2.24, 2.45) is 0 Å². The number of likely N-dealkylation sites (tertiary alicyclic amines) is 1. The zero-order valence-corrected chi connectivity index (χ0v) is 13.3. The van der Waals surface area contributed by atoms with Crippen LogP contribution in [0.15, 0.2) is 0 Å². The molecule has 1 atom stereocenters. The van der Waals surface area contributed by atoms with Gasteiger partial charge in [0.2, 0.25) is 11.8 Å². The van der Waals surface area contributed by atoms with Gasteiger partial charge in [0.05, 0.1) is 11.8 Å². The van der Waals surface area contributed by atoms with Gasteiger partial charge in [0.1, 0.15) is 9.85 Å². The molecule has 0 bridgehead atoms. The van der Waals surface area contributed by atoms with E-state index in [-0.39, 0.29) is 23.2 Å². The highest BCUT2D eigenvalue weighted by atomic mass is 32.2. The molecule has 12 heteroatoms. The third-order valence-corrected chi connectivity index (χ3v) is 4.32. The van der Waals surface area contributed by atoms with Crippen LogP contribution in [0.1, 0.15) is 13.8 Å². The summed E-state index contributed by atoms with van der Waals surface area (Å²) in [5.74, 6) is -1.04. The largest absolute Gasteiger partial charge is 0.492 e. The second-order valence-corrected chi connectivity index (χ2v) is 6.16. The third kappa shape index (κ3) is 4.37. The summed E-state index contributed by atoms with van der Waals surface area (Å²) in [6, 6.07) is -0.724. The molecule has 23 heavy (non-hydrogen) atoms. The summed E-state index contributed by atoms with van der Waals surface area (Å²) in [4.78, 5) is 54.6. The minimum absolute atomic E-state index is 0.0884. The van der Waals surface area contributed by atoms with Crippen molar-refractivity contribution in [3.05, 3.63) is 20.2 Å². The van der Waals surface area contributed by atoms with Gasteiger partial charge in [0.15, 0.2) is 18.9 Å². The first-order chi connectivity index (χ1) is 10.6. The summed E-state index contributed by atoms with van der Waals surface area (Å²) < 4.78 is 0. The highest BCUT2D eigenvalue weighted by molar-refractivity contribution is 8.00. The van der Waals surface area contributed by atoms with E-state index in [1.54, 1.807) is 0 Å². The summed E-state index contributed by atoms with van der Waals surface area (Å²) in [6.07, 6.45) is 0. The van der Waals surface area contributed by atoms with Gasteiger partial charge in [-0.1, -0.05) is 0 Å². The summed E-state index contributed by atoms with van der Waals surface area (Å²) in [7, 11) is 0.